The first-order chi connectivity index (χ1) is 8.30. The van der Waals surface area contributed by atoms with Gasteiger partial charge in [-0.2, -0.15) is 15.0 Å². The van der Waals surface area contributed by atoms with E-state index in [1.54, 1.807) is 0 Å². The topological polar surface area (TPSA) is 62.7 Å². The van der Waals surface area contributed by atoms with E-state index in [4.69, 9.17) is 0 Å². The highest BCUT2D eigenvalue weighted by Gasteiger charge is 2.04. The number of anilines is 2. The molecule has 0 aliphatic carbocycles. The second-order valence-electron chi connectivity index (χ2n) is 4.00. The van der Waals surface area contributed by atoms with Gasteiger partial charge in [-0.15, -0.1) is 0 Å². The van der Waals surface area contributed by atoms with Gasteiger partial charge in [0, 0.05) is 19.5 Å². The van der Waals surface area contributed by atoms with Crippen molar-refractivity contribution in [3.05, 3.63) is 5.82 Å². The Labute approximate surface area is 103 Å². The summed E-state index contributed by atoms with van der Waals surface area (Å²) in [6, 6.07) is 0. The summed E-state index contributed by atoms with van der Waals surface area (Å²) < 4.78 is 0. The van der Waals surface area contributed by atoms with E-state index in [9.17, 15) is 0 Å². The van der Waals surface area contributed by atoms with Crippen LogP contribution in [-0.4, -0.2) is 28.0 Å². The minimum absolute atomic E-state index is 0.684. The molecular weight excluding hydrogens is 214 g/mol. The van der Waals surface area contributed by atoms with Crippen LogP contribution >= 0.6 is 0 Å². The zero-order valence-corrected chi connectivity index (χ0v) is 11.1. The summed E-state index contributed by atoms with van der Waals surface area (Å²) in [6.45, 7) is 8.16. The Morgan fingerprint density at radius 3 is 1.71 bits per heavy atom. The van der Waals surface area contributed by atoms with Crippen LogP contribution in [0.1, 0.15) is 45.9 Å². The lowest BCUT2D eigenvalue weighted by atomic mass is 10.3. The van der Waals surface area contributed by atoms with Gasteiger partial charge in [0.15, 0.2) is 0 Å². The number of aryl methyl sites for hydroxylation is 1. The van der Waals surface area contributed by atoms with E-state index in [0.29, 0.717) is 11.9 Å². The zero-order valence-electron chi connectivity index (χ0n) is 11.1. The zero-order chi connectivity index (χ0) is 12.5. The lowest BCUT2D eigenvalue weighted by Gasteiger charge is -2.08. The minimum Gasteiger partial charge on any atom is -0.354 e. The van der Waals surface area contributed by atoms with Crippen LogP contribution in [-0.2, 0) is 6.42 Å². The predicted molar refractivity (Wildman–Crippen MR) is 71.4 cm³/mol. The van der Waals surface area contributed by atoms with E-state index in [0.717, 1.165) is 44.6 Å². The molecule has 0 atom stereocenters. The maximum atomic E-state index is 4.40. The third-order valence-corrected chi connectivity index (χ3v) is 2.22. The highest BCUT2D eigenvalue weighted by Crippen LogP contribution is 2.07. The van der Waals surface area contributed by atoms with Crippen LogP contribution in [0, 0.1) is 0 Å². The van der Waals surface area contributed by atoms with Gasteiger partial charge in [-0.05, 0) is 19.3 Å². The van der Waals surface area contributed by atoms with Crippen molar-refractivity contribution in [2.24, 2.45) is 0 Å². The number of hydrogen-bond acceptors (Lipinski definition) is 5. The Balaban J connectivity index is 2.76. The third kappa shape index (κ3) is 4.97. The molecule has 96 valence electrons. The Morgan fingerprint density at radius 1 is 0.765 bits per heavy atom. The monoisotopic (exact) mass is 237 g/mol. The van der Waals surface area contributed by atoms with E-state index in [1.165, 1.54) is 0 Å². The average Bonchev–Trinajstić information content (AvgIpc) is 2.34. The second kappa shape index (κ2) is 7.81. The van der Waals surface area contributed by atoms with Crippen molar-refractivity contribution in [3.63, 3.8) is 0 Å². The summed E-state index contributed by atoms with van der Waals surface area (Å²) in [7, 11) is 0. The number of nitrogens with one attached hydrogen (secondary N) is 2. The first-order valence-electron chi connectivity index (χ1n) is 6.52. The summed E-state index contributed by atoms with van der Waals surface area (Å²) >= 11 is 0. The fraction of sp³-hybridized carbons (Fsp3) is 0.750. The van der Waals surface area contributed by atoms with Gasteiger partial charge in [0.05, 0.1) is 0 Å². The van der Waals surface area contributed by atoms with Crippen molar-refractivity contribution in [2.45, 2.75) is 46.5 Å². The fourth-order valence-corrected chi connectivity index (χ4v) is 1.39. The Bertz CT molecular complexity index is 300. The molecule has 1 aromatic rings. The molecule has 0 saturated carbocycles. The van der Waals surface area contributed by atoms with E-state index in [-0.39, 0.29) is 0 Å². The van der Waals surface area contributed by atoms with Crippen molar-refractivity contribution in [3.8, 4) is 0 Å². The molecule has 0 saturated heterocycles. The van der Waals surface area contributed by atoms with Crippen LogP contribution in [0.3, 0.4) is 0 Å². The van der Waals surface area contributed by atoms with Crippen LogP contribution < -0.4 is 10.6 Å². The van der Waals surface area contributed by atoms with E-state index in [2.05, 4.69) is 46.4 Å². The molecule has 1 rings (SSSR count). The van der Waals surface area contributed by atoms with Crippen LogP contribution in [0.4, 0.5) is 11.9 Å². The lowest BCUT2D eigenvalue weighted by Crippen LogP contribution is -2.12. The normalized spacial score (nSPS) is 10.3. The third-order valence-electron chi connectivity index (χ3n) is 2.22. The quantitative estimate of drug-likeness (QED) is 0.727. The van der Waals surface area contributed by atoms with Crippen molar-refractivity contribution >= 4 is 11.9 Å². The Kier molecular flexibility index (Phi) is 6.29. The lowest BCUT2D eigenvalue weighted by molar-refractivity contribution is 0.810. The molecule has 0 fully saturated rings. The number of hydrogen-bond donors (Lipinski definition) is 2. The molecule has 0 unspecified atom stereocenters. The summed E-state index contributed by atoms with van der Waals surface area (Å²) in [6.07, 6.45) is 4.06. The van der Waals surface area contributed by atoms with Gasteiger partial charge >= 0.3 is 0 Å². The summed E-state index contributed by atoms with van der Waals surface area (Å²) in [5.74, 6) is 2.23. The molecule has 0 aromatic carbocycles. The van der Waals surface area contributed by atoms with Crippen molar-refractivity contribution in [1.82, 2.24) is 15.0 Å². The van der Waals surface area contributed by atoms with Crippen LogP contribution in [0.25, 0.3) is 0 Å². The molecule has 0 amide bonds. The largest absolute Gasteiger partial charge is 0.354 e. The molecule has 0 spiro atoms. The van der Waals surface area contributed by atoms with Crippen LogP contribution in [0.2, 0.25) is 0 Å². The average molecular weight is 237 g/mol. The van der Waals surface area contributed by atoms with Crippen molar-refractivity contribution in [1.29, 1.82) is 0 Å². The molecule has 17 heavy (non-hydrogen) atoms. The van der Waals surface area contributed by atoms with Crippen molar-refractivity contribution in [2.75, 3.05) is 23.7 Å². The number of nitrogens with zero attached hydrogens (tertiary/aromatic N) is 3. The maximum Gasteiger partial charge on any atom is 0.227 e. The molecule has 0 radical (unpaired) electrons. The van der Waals surface area contributed by atoms with Gasteiger partial charge in [-0.3, -0.25) is 0 Å². The molecule has 1 aromatic heterocycles. The first kappa shape index (κ1) is 13.7. The Hall–Kier alpha value is -1.39. The highest BCUT2D eigenvalue weighted by molar-refractivity contribution is 5.34. The molecule has 2 N–H and O–H groups in total. The van der Waals surface area contributed by atoms with Crippen molar-refractivity contribution < 1.29 is 0 Å². The molecule has 0 aliphatic rings. The van der Waals surface area contributed by atoms with Gasteiger partial charge in [-0.25, -0.2) is 0 Å². The van der Waals surface area contributed by atoms with Crippen LogP contribution in [0.15, 0.2) is 0 Å². The second-order valence-corrected chi connectivity index (χ2v) is 4.00. The minimum atomic E-state index is 0.684. The smallest absolute Gasteiger partial charge is 0.227 e. The van der Waals surface area contributed by atoms with Gasteiger partial charge in [-0.1, -0.05) is 20.8 Å². The molecule has 0 aliphatic heterocycles. The molecule has 1 heterocycles. The number of aromatic nitrogens is 3. The summed E-state index contributed by atoms with van der Waals surface area (Å²) in [5, 5.41) is 6.42. The van der Waals surface area contributed by atoms with Gasteiger partial charge in [0.25, 0.3) is 0 Å². The SMILES string of the molecule is CCCNc1nc(CCC)nc(NCCC)n1. The summed E-state index contributed by atoms with van der Waals surface area (Å²) in [5.41, 5.74) is 0. The number of rotatable bonds is 8. The molecule has 5 heteroatoms. The van der Waals surface area contributed by atoms with Gasteiger partial charge < -0.3 is 10.6 Å². The standard InChI is InChI=1S/C12H23N5/c1-4-7-10-15-11(13-8-5-2)17-12(16-10)14-9-6-3/h4-9H2,1-3H3,(H2,13,14,15,16,17). The first-order valence-corrected chi connectivity index (χ1v) is 6.52. The fourth-order valence-electron chi connectivity index (χ4n) is 1.39. The van der Waals surface area contributed by atoms with E-state index >= 15 is 0 Å². The Morgan fingerprint density at radius 2 is 1.29 bits per heavy atom. The maximum absolute atomic E-state index is 4.40. The van der Waals surface area contributed by atoms with E-state index < -0.39 is 0 Å². The molecule has 5 nitrogen and oxygen atoms in total. The van der Waals surface area contributed by atoms with Crippen LogP contribution in [0.5, 0.6) is 0 Å². The molecular formula is C12H23N5. The van der Waals surface area contributed by atoms with Gasteiger partial charge in [0.2, 0.25) is 11.9 Å². The van der Waals surface area contributed by atoms with Gasteiger partial charge in [0.1, 0.15) is 5.82 Å². The predicted octanol–water partition coefficient (Wildman–Crippen LogP) is 2.47. The van der Waals surface area contributed by atoms with E-state index in [1.807, 2.05) is 0 Å². The molecule has 0 bridgehead atoms. The highest BCUT2D eigenvalue weighted by atomic mass is 15.2. The summed E-state index contributed by atoms with van der Waals surface area (Å²) in [4.78, 5) is 13.1.